The number of amides is 3. The molecule has 0 unspecified atom stereocenters. The highest BCUT2D eigenvalue weighted by Gasteiger charge is 2.31. The summed E-state index contributed by atoms with van der Waals surface area (Å²) in [5.41, 5.74) is 1.00. The second-order valence-electron chi connectivity index (χ2n) is 5.78. The number of carbonyl (C=O) groups excluding carboxylic acids is 3. The van der Waals surface area contributed by atoms with Gasteiger partial charge >= 0.3 is 0 Å². The van der Waals surface area contributed by atoms with Gasteiger partial charge in [-0.05, 0) is 17.7 Å². The second kappa shape index (κ2) is 9.03. The molecule has 0 radical (unpaired) electrons. The minimum Gasteiger partial charge on any atom is -0.497 e. The summed E-state index contributed by atoms with van der Waals surface area (Å²) in [5.74, 6) is -0.0426. The summed E-state index contributed by atoms with van der Waals surface area (Å²) < 4.78 is 5.22. The molecule has 1 saturated heterocycles. The Hall–Kier alpha value is -2.61. The van der Waals surface area contributed by atoms with E-state index in [9.17, 15) is 14.4 Å². The van der Waals surface area contributed by atoms with E-state index >= 15 is 0 Å². The van der Waals surface area contributed by atoms with Crippen LogP contribution in [0.2, 0.25) is 0 Å². The van der Waals surface area contributed by atoms with Crippen molar-refractivity contribution in [1.29, 1.82) is 0 Å². The topological polar surface area (TPSA) is 99.8 Å². The van der Waals surface area contributed by atoms with Gasteiger partial charge in [-0.15, -0.1) is 0 Å². The Bertz CT molecular complexity index is 635. The van der Waals surface area contributed by atoms with Crippen LogP contribution < -0.4 is 20.7 Å². The first-order valence-corrected chi connectivity index (χ1v) is 8.15. The maximum absolute atomic E-state index is 12.2. The lowest BCUT2D eigenvalue weighted by molar-refractivity contribution is -0.134. The minimum atomic E-state index is -0.565. The molecule has 136 valence electrons. The number of methoxy groups -OCH3 is 1. The van der Waals surface area contributed by atoms with Crippen LogP contribution in [-0.4, -0.2) is 62.5 Å². The average molecular weight is 348 g/mol. The van der Waals surface area contributed by atoms with Gasteiger partial charge in [-0.25, -0.2) is 0 Å². The Balaban J connectivity index is 2.00. The molecule has 0 bridgehead atoms. The number of piperazine rings is 1. The fraction of sp³-hybridized carbons (Fsp3) is 0.471. The number of likely N-dealkylation sites (N-methyl/N-ethyl adjacent to an activating group) is 1. The van der Waals surface area contributed by atoms with Gasteiger partial charge < -0.3 is 20.7 Å². The maximum atomic E-state index is 12.2. The number of ether oxygens (including phenoxy) is 1. The third-order valence-corrected chi connectivity index (χ3v) is 4.07. The van der Waals surface area contributed by atoms with Crippen molar-refractivity contribution in [3.05, 3.63) is 29.8 Å². The molecule has 1 aliphatic rings. The van der Waals surface area contributed by atoms with Crippen molar-refractivity contribution in [3.8, 4) is 5.75 Å². The summed E-state index contributed by atoms with van der Waals surface area (Å²) in [7, 11) is 3.10. The van der Waals surface area contributed by atoms with Gasteiger partial charge in [-0.1, -0.05) is 12.1 Å². The van der Waals surface area contributed by atoms with Crippen molar-refractivity contribution in [2.75, 3.05) is 33.8 Å². The molecule has 1 aromatic carbocycles. The van der Waals surface area contributed by atoms with E-state index in [-0.39, 0.29) is 30.7 Å². The predicted molar refractivity (Wildman–Crippen MR) is 91.9 cm³/mol. The van der Waals surface area contributed by atoms with Crippen LogP contribution in [0, 0.1) is 0 Å². The standard InChI is InChI=1S/C17H24N4O4/c1-18-16(23)10-20-15(22)9-14-17(24)19-6-7-21(14)11-12-4-3-5-13(8-12)25-2/h3-5,8,14H,6-7,9-11H2,1-2H3,(H,18,23)(H,19,24)(H,20,22)/t14-/m1/s1. The number of rotatable bonds is 7. The molecule has 0 aromatic heterocycles. The molecular weight excluding hydrogens is 324 g/mol. The lowest BCUT2D eigenvalue weighted by atomic mass is 10.1. The predicted octanol–water partition coefficient (Wildman–Crippen LogP) is -0.752. The molecule has 0 aliphatic carbocycles. The van der Waals surface area contributed by atoms with Gasteiger partial charge in [0.2, 0.25) is 17.7 Å². The number of hydrogen-bond acceptors (Lipinski definition) is 5. The third-order valence-electron chi connectivity index (χ3n) is 4.07. The van der Waals surface area contributed by atoms with E-state index in [1.807, 2.05) is 29.2 Å². The van der Waals surface area contributed by atoms with Crippen LogP contribution in [-0.2, 0) is 20.9 Å². The van der Waals surface area contributed by atoms with E-state index < -0.39 is 6.04 Å². The molecule has 3 amide bonds. The van der Waals surface area contributed by atoms with E-state index in [2.05, 4.69) is 16.0 Å². The number of nitrogens with zero attached hydrogens (tertiary/aromatic N) is 1. The van der Waals surface area contributed by atoms with Gasteiger partial charge in [0.15, 0.2) is 0 Å². The van der Waals surface area contributed by atoms with E-state index in [4.69, 9.17) is 4.74 Å². The number of hydrogen-bond donors (Lipinski definition) is 3. The first-order valence-electron chi connectivity index (χ1n) is 8.15. The summed E-state index contributed by atoms with van der Waals surface area (Å²) in [5, 5.41) is 7.74. The van der Waals surface area contributed by atoms with Crippen molar-refractivity contribution in [1.82, 2.24) is 20.9 Å². The van der Waals surface area contributed by atoms with Gasteiger partial charge in [-0.3, -0.25) is 19.3 Å². The largest absolute Gasteiger partial charge is 0.497 e. The Morgan fingerprint density at radius 1 is 1.36 bits per heavy atom. The van der Waals surface area contributed by atoms with E-state index in [0.29, 0.717) is 19.6 Å². The molecule has 1 atom stereocenters. The van der Waals surface area contributed by atoms with Crippen LogP contribution in [0.5, 0.6) is 5.75 Å². The van der Waals surface area contributed by atoms with E-state index in [1.54, 1.807) is 7.11 Å². The molecule has 1 heterocycles. The zero-order chi connectivity index (χ0) is 18.2. The summed E-state index contributed by atoms with van der Waals surface area (Å²) in [4.78, 5) is 37.4. The Morgan fingerprint density at radius 3 is 2.88 bits per heavy atom. The normalized spacial score (nSPS) is 17.5. The zero-order valence-electron chi connectivity index (χ0n) is 14.5. The highest BCUT2D eigenvalue weighted by atomic mass is 16.5. The fourth-order valence-corrected chi connectivity index (χ4v) is 2.69. The monoisotopic (exact) mass is 348 g/mol. The van der Waals surface area contributed by atoms with Crippen molar-refractivity contribution >= 4 is 17.7 Å². The number of nitrogens with one attached hydrogen (secondary N) is 3. The third kappa shape index (κ3) is 5.46. The Kier molecular flexibility index (Phi) is 6.76. The molecular formula is C17H24N4O4. The zero-order valence-corrected chi connectivity index (χ0v) is 14.5. The van der Waals surface area contributed by atoms with Crippen molar-refractivity contribution in [3.63, 3.8) is 0 Å². The van der Waals surface area contributed by atoms with Gasteiger partial charge in [0.25, 0.3) is 0 Å². The van der Waals surface area contributed by atoms with Crippen molar-refractivity contribution in [2.24, 2.45) is 0 Å². The molecule has 3 N–H and O–H groups in total. The van der Waals surface area contributed by atoms with Crippen LogP contribution in [0.3, 0.4) is 0 Å². The van der Waals surface area contributed by atoms with Crippen LogP contribution in [0.4, 0.5) is 0 Å². The summed E-state index contributed by atoms with van der Waals surface area (Å²) in [6.07, 6.45) is 0.00674. The minimum absolute atomic E-state index is 0.00674. The lowest BCUT2D eigenvalue weighted by Gasteiger charge is -2.34. The molecule has 1 aliphatic heterocycles. The van der Waals surface area contributed by atoms with E-state index in [0.717, 1.165) is 11.3 Å². The first-order chi connectivity index (χ1) is 12.0. The van der Waals surface area contributed by atoms with Crippen LogP contribution >= 0.6 is 0 Å². The average Bonchev–Trinajstić information content (AvgIpc) is 2.62. The lowest BCUT2D eigenvalue weighted by Crippen LogP contribution is -2.56. The SMILES string of the molecule is CNC(=O)CNC(=O)C[C@@H]1C(=O)NCCN1Cc1cccc(OC)c1. The summed E-state index contributed by atoms with van der Waals surface area (Å²) in [6, 6.07) is 7.05. The Morgan fingerprint density at radius 2 is 2.16 bits per heavy atom. The molecule has 1 aromatic rings. The van der Waals surface area contributed by atoms with Crippen molar-refractivity contribution < 1.29 is 19.1 Å². The molecule has 25 heavy (non-hydrogen) atoms. The molecule has 8 heteroatoms. The molecule has 8 nitrogen and oxygen atoms in total. The van der Waals surface area contributed by atoms with Gasteiger partial charge in [0.1, 0.15) is 5.75 Å². The van der Waals surface area contributed by atoms with Crippen molar-refractivity contribution in [2.45, 2.75) is 19.0 Å². The summed E-state index contributed by atoms with van der Waals surface area (Å²) >= 11 is 0. The maximum Gasteiger partial charge on any atom is 0.239 e. The molecule has 1 fully saturated rings. The smallest absolute Gasteiger partial charge is 0.239 e. The molecule has 2 rings (SSSR count). The fourth-order valence-electron chi connectivity index (χ4n) is 2.69. The van der Waals surface area contributed by atoms with Gasteiger partial charge in [-0.2, -0.15) is 0 Å². The molecule has 0 saturated carbocycles. The summed E-state index contributed by atoms with van der Waals surface area (Å²) in [6.45, 7) is 1.63. The van der Waals surface area contributed by atoms with Crippen LogP contribution in [0.25, 0.3) is 0 Å². The first kappa shape index (κ1) is 18.7. The van der Waals surface area contributed by atoms with Crippen LogP contribution in [0.15, 0.2) is 24.3 Å². The highest BCUT2D eigenvalue weighted by molar-refractivity contribution is 5.90. The number of benzene rings is 1. The second-order valence-corrected chi connectivity index (χ2v) is 5.78. The Labute approximate surface area is 146 Å². The van der Waals surface area contributed by atoms with E-state index in [1.165, 1.54) is 7.05 Å². The molecule has 0 spiro atoms. The number of carbonyl (C=O) groups is 3. The quantitative estimate of drug-likeness (QED) is 0.602. The van der Waals surface area contributed by atoms with Crippen LogP contribution in [0.1, 0.15) is 12.0 Å². The van der Waals surface area contributed by atoms with Gasteiger partial charge in [0, 0.05) is 26.7 Å². The highest BCUT2D eigenvalue weighted by Crippen LogP contribution is 2.17. The van der Waals surface area contributed by atoms with Gasteiger partial charge in [0.05, 0.1) is 26.1 Å².